The summed E-state index contributed by atoms with van der Waals surface area (Å²) in [5.74, 6) is 1.94. The molecule has 0 aliphatic carbocycles. The first-order valence-electron chi connectivity index (χ1n) is 8.26. The van der Waals surface area contributed by atoms with Gasteiger partial charge in [-0.1, -0.05) is 23.7 Å². The fourth-order valence-electron chi connectivity index (χ4n) is 2.57. The molecule has 0 fully saturated rings. The number of carbonyl (C=O) groups excluding carboxylic acids is 1. The van der Waals surface area contributed by atoms with Gasteiger partial charge in [-0.15, -0.1) is 0 Å². The van der Waals surface area contributed by atoms with E-state index in [-0.39, 0.29) is 6.61 Å². The van der Waals surface area contributed by atoms with Crippen LogP contribution in [0.4, 0.5) is 0 Å². The van der Waals surface area contributed by atoms with E-state index in [4.69, 9.17) is 25.5 Å². The van der Waals surface area contributed by atoms with Crippen molar-refractivity contribution in [2.45, 2.75) is 6.10 Å². The molecular weight excluding hydrogens is 368 g/mol. The van der Waals surface area contributed by atoms with E-state index in [1.54, 1.807) is 30.3 Å². The lowest BCUT2D eigenvalue weighted by atomic mass is 10.2. The molecule has 3 aromatic rings. The molecular formula is C20H15ClN2O4. The number of benzene rings is 2. The van der Waals surface area contributed by atoms with Crippen LogP contribution in [0, 0.1) is 0 Å². The highest BCUT2D eigenvalue weighted by Crippen LogP contribution is 2.30. The van der Waals surface area contributed by atoms with Crippen molar-refractivity contribution < 1.29 is 18.7 Å². The minimum Gasteiger partial charge on any atom is -0.485 e. The van der Waals surface area contributed by atoms with Crippen LogP contribution < -0.4 is 14.9 Å². The smallest absolute Gasteiger partial charge is 0.284 e. The van der Waals surface area contributed by atoms with Gasteiger partial charge in [-0.25, -0.2) is 5.43 Å². The van der Waals surface area contributed by atoms with Crippen molar-refractivity contribution >= 4 is 23.7 Å². The number of nitrogens with zero attached hydrogens (tertiary/aromatic N) is 1. The van der Waals surface area contributed by atoms with Crippen LogP contribution in [-0.4, -0.2) is 24.8 Å². The largest absolute Gasteiger partial charge is 0.485 e. The van der Waals surface area contributed by atoms with E-state index >= 15 is 0 Å². The van der Waals surface area contributed by atoms with Gasteiger partial charge in [-0.3, -0.25) is 4.79 Å². The number of rotatable bonds is 4. The number of hydrogen-bond acceptors (Lipinski definition) is 5. The quantitative estimate of drug-likeness (QED) is 0.548. The number of carbonyl (C=O) groups is 1. The van der Waals surface area contributed by atoms with Crippen molar-refractivity contribution in [3.63, 3.8) is 0 Å². The van der Waals surface area contributed by atoms with Gasteiger partial charge in [0.05, 0.1) is 6.21 Å². The molecule has 1 amide bonds. The molecule has 0 spiro atoms. The second kappa shape index (κ2) is 7.55. The average Bonchev–Trinajstić information content (AvgIpc) is 3.17. The van der Waals surface area contributed by atoms with Crippen LogP contribution >= 0.6 is 11.6 Å². The summed E-state index contributed by atoms with van der Waals surface area (Å²) in [6, 6.07) is 18.1. The number of amides is 1. The van der Waals surface area contributed by atoms with Gasteiger partial charge in [0, 0.05) is 10.6 Å². The summed E-state index contributed by atoms with van der Waals surface area (Å²) in [7, 11) is 0. The van der Waals surface area contributed by atoms with Gasteiger partial charge < -0.3 is 13.9 Å². The summed E-state index contributed by atoms with van der Waals surface area (Å²) in [6.07, 6.45) is 0.660. The topological polar surface area (TPSA) is 73.1 Å². The summed E-state index contributed by atoms with van der Waals surface area (Å²) in [6.45, 7) is 0.125. The standard InChI is InChI=1S/C20H15ClN2O4/c21-14-7-5-13(6-8-14)16-10-9-15(26-16)11-22-23-20(24)19-12-25-17-3-1-2-4-18(17)27-19/h1-11,19H,12H2,(H,23,24)/b22-11+/t19-/m1/s1. The summed E-state index contributed by atoms with van der Waals surface area (Å²) in [5.41, 5.74) is 3.33. The SMILES string of the molecule is O=C(N/N=C/c1ccc(-c2ccc(Cl)cc2)o1)[C@H]1COc2ccccc2O1. The number of hydrogen-bond donors (Lipinski definition) is 1. The monoisotopic (exact) mass is 382 g/mol. The first kappa shape index (κ1) is 17.2. The van der Waals surface area contributed by atoms with Crippen LogP contribution in [-0.2, 0) is 4.79 Å². The average molecular weight is 383 g/mol. The minimum atomic E-state index is -0.765. The van der Waals surface area contributed by atoms with E-state index in [1.807, 2.05) is 30.3 Å². The van der Waals surface area contributed by atoms with Crippen molar-refractivity contribution in [2.75, 3.05) is 6.61 Å². The van der Waals surface area contributed by atoms with Crippen molar-refractivity contribution in [3.05, 3.63) is 71.4 Å². The van der Waals surface area contributed by atoms with Crippen molar-refractivity contribution in [1.82, 2.24) is 5.43 Å². The Morgan fingerprint density at radius 3 is 2.67 bits per heavy atom. The fourth-order valence-corrected chi connectivity index (χ4v) is 2.70. The van der Waals surface area contributed by atoms with E-state index in [2.05, 4.69) is 10.5 Å². The Hall–Kier alpha value is -3.25. The van der Waals surface area contributed by atoms with Gasteiger partial charge in [-0.05, 0) is 48.5 Å². The molecule has 0 radical (unpaired) electrons. The van der Waals surface area contributed by atoms with E-state index in [1.165, 1.54) is 6.21 Å². The van der Waals surface area contributed by atoms with E-state index < -0.39 is 12.0 Å². The first-order chi connectivity index (χ1) is 13.2. The zero-order chi connectivity index (χ0) is 18.6. The highest BCUT2D eigenvalue weighted by molar-refractivity contribution is 6.30. The number of hydrazone groups is 1. The van der Waals surface area contributed by atoms with Crippen LogP contribution in [0.5, 0.6) is 11.5 Å². The highest BCUT2D eigenvalue weighted by atomic mass is 35.5. The first-order valence-corrected chi connectivity index (χ1v) is 8.64. The van der Waals surface area contributed by atoms with Crippen molar-refractivity contribution in [1.29, 1.82) is 0 Å². The summed E-state index contributed by atoms with van der Waals surface area (Å²) in [5, 5.41) is 4.58. The predicted molar refractivity (Wildman–Crippen MR) is 101 cm³/mol. The Bertz CT molecular complexity index is 982. The lowest BCUT2D eigenvalue weighted by Crippen LogP contribution is -2.42. The van der Waals surface area contributed by atoms with Gasteiger partial charge in [0.15, 0.2) is 11.5 Å². The molecule has 0 unspecified atom stereocenters. The third-order valence-corrected chi connectivity index (χ3v) is 4.18. The van der Waals surface area contributed by atoms with Crippen LogP contribution in [0.1, 0.15) is 5.76 Å². The number of furan rings is 1. The third-order valence-electron chi connectivity index (χ3n) is 3.92. The van der Waals surface area contributed by atoms with Gasteiger partial charge in [0.1, 0.15) is 18.1 Å². The maximum Gasteiger partial charge on any atom is 0.284 e. The summed E-state index contributed by atoms with van der Waals surface area (Å²) >= 11 is 5.88. The Balaban J connectivity index is 1.36. The zero-order valence-electron chi connectivity index (χ0n) is 14.1. The number of para-hydroxylation sites is 2. The number of fused-ring (bicyclic) bond motifs is 1. The van der Waals surface area contributed by atoms with Crippen LogP contribution in [0.15, 0.2) is 70.2 Å². The molecule has 6 nitrogen and oxygen atoms in total. The minimum absolute atomic E-state index is 0.125. The maximum absolute atomic E-state index is 12.2. The second-order valence-corrected chi connectivity index (χ2v) is 6.24. The van der Waals surface area contributed by atoms with Gasteiger partial charge in [0.25, 0.3) is 5.91 Å². The normalized spacial score (nSPS) is 15.7. The third kappa shape index (κ3) is 3.96. The molecule has 0 saturated heterocycles. The van der Waals surface area contributed by atoms with Crippen molar-refractivity contribution in [3.8, 4) is 22.8 Å². The summed E-state index contributed by atoms with van der Waals surface area (Å²) < 4.78 is 16.8. The molecule has 0 bridgehead atoms. The molecule has 1 aromatic heterocycles. The second-order valence-electron chi connectivity index (χ2n) is 5.81. The molecule has 0 saturated carbocycles. The lowest BCUT2D eigenvalue weighted by Gasteiger charge is -2.24. The Morgan fingerprint density at radius 1 is 1.07 bits per heavy atom. The fraction of sp³-hybridized carbons (Fsp3) is 0.100. The van der Waals surface area contributed by atoms with Crippen LogP contribution in [0.25, 0.3) is 11.3 Å². The maximum atomic E-state index is 12.2. The van der Waals surface area contributed by atoms with E-state index in [9.17, 15) is 4.79 Å². The number of halogens is 1. The molecule has 2 heterocycles. The van der Waals surface area contributed by atoms with Gasteiger partial charge in [-0.2, -0.15) is 5.10 Å². The molecule has 1 aliphatic rings. The van der Waals surface area contributed by atoms with Gasteiger partial charge in [0.2, 0.25) is 6.10 Å². The van der Waals surface area contributed by atoms with Crippen LogP contribution in [0.3, 0.4) is 0 Å². The molecule has 27 heavy (non-hydrogen) atoms. The molecule has 4 rings (SSSR count). The molecule has 1 aliphatic heterocycles. The molecule has 2 aromatic carbocycles. The Kier molecular flexibility index (Phi) is 4.80. The highest BCUT2D eigenvalue weighted by Gasteiger charge is 2.26. The Labute approximate surface area is 160 Å². The lowest BCUT2D eigenvalue weighted by molar-refractivity contribution is -0.130. The number of nitrogens with one attached hydrogen (secondary N) is 1. The van der Waals surface area contributed by atoms with Crippen LogP contribution in [0.2, 0.25) is 5.02 Å². The molecule has 1 N–H and O–H groups in total. The molecule has 7 heteroatoms. The van der Waals surface area contributed by atoms with E-state index in [0.29, 0.717) is 28.0 Å². The Morgan fingerprint density at radius 2 is 1.85 bits per heavy atom. The molecule has 1 atom stereocenters. The zero-order valence-corrected chi connectivity index (χ0v) is 14.8. The molecule has 136 valence electrons. The number of ether oxygens (including phenoxy) is 2. The van der Waals surface area contributed by atoms with Gasteiger partial charge >= 0.3 is 0 Å². The van der Waals surface area contributed by atoms with Crippen molar-refractivity contribution in [2.24, 2.45) is 5.10 Å². The summed E-state index contributed by atoms with van der Waals surface area (Å²) in [4.78, 5) is 12.2. The predicted octanol–water partition coefficient (Wildman–Crippen LogP) is 3.89. The van der Waals surface area contributed by atoms with E-state index in [0.717, 1.165) is 5.56 Å².